The Bertz CT molecular complexity index is 742. The van der Waals surface area contributed by atoms with E-state index in [-0.39, 0.29) is 5.91 Å². The van der Waals surface area contributed by atoms with E-state index in [1.54, 1.807) is 0 Å². The van der Waals surface area contributed by atoms with Crippen molar-refractivity contribution in [3.05, 3.63) is 70.3 Å². The van der Waals surface area contributed by atoms with Crippen LogP contribution in [0.15, 0.2) is 42.5 Å². The third-order valence-electron chi connectivity index (χ3n) is 4.66. The number of nitrogens with zero attached hydrogens (tertiary/aromatic N) is 1. The van der Waals surface area contributed by atoms with Gasteiger partial charge in [0.05, 0.1) is 12.5 Å². The Morgan fingerprint density at radius 1 is 1.29 bits per heavy atom. The maximum absolute atomic E-state index is 11.2. The van der Waals surface area contributed by atoms with Crippen molar-refractivity contribution in [1.29, 1.82) is 0 Å². The number of primary amides is 1. The highest BCUT2D eigenvalue weighted by molar-refractivity contribution is 5.77. The number of nitrogens with two attached hydrogens (primary N) is 1. The SMILES string of the molecule is Cc1cccc(C(O)CN2CCc3c(CC(N)=O)cccc3C2)c1. The van der Waals surface area contributed by atoms with Crippen LogP contribution in [0.3, 0.4) is 0 Å². The minimum absolute atomic E-state index is 0.291. The van der Waals surface area contributed by atoms with Gasteiger partial charge in [-0.05, 0) is 35.6 Å². The van der Waals surface area contributed by atoms with Gasteiger partial charge in [-0.15, -0.1) is 0 Å². The van der Waals surface area contributed by atoms with Crippen molar-refractivity contribution < 1.29 is 9.90 Å². The molecule has 0 saturated heterocycles. The lowest BCUT2D eigenvalue weighted by atomic mass is 9.92. The average Bonchev–Trinajstić information content (AvgIpc) is 2.54. The molecule has 2 aromatic carbocycles. The molecule has 4 heteroatoms. The summed E-state index contributed by atoms with van der Waals surface area (Å²) in [4.78, 5) is 13.5. The second-order valence-corrected chi connectivity index (χ2v) is 6.61. The normalized spacial score (nSPS) is 15.8. The lowest BCUT2D eigenvalue weighted by Crippen LogP contribution is -2.34. The predicted octanol–water partition coefficient (Wildman–Crippen LogP) is 2.11. The van der Waals surface area contributed by atoms with E-state index in [0.717, 1.165) is 36.2 Å². The number of hydrogen-bond acceptors (Lipinski definition) is 3. The summed E-state index contributed by atoms with van der Waals surface area (Å²) in [6.45, 7) is 4.33. The van der Waals surface area contributed by atoms with Crippen molar-refractivity contribution >= 4 is 5.91 Å². The van der Waals surface area contributed by atoms with Crippen LogP contribution in [0.25, 0.3) is 0 Å². The van der Waals surface area contributed by atoms with Gasteiger partial charge in [-0.25, -0.2) is 0 Å². The first kappa shape index (κ1) is 16.7. The molecule has 1 aliphatic rings. The van der Waals surface area contributed by atoms with E-state index in [9.17, 15) is 9.90 Å². The average molecular weight is 324 g/mol. The summed E-state index contributed by atoms with van der Waals surface area (Å²) in [5.74, 6) is -0.291. The summed E-state index contributed by atoms with van der Waals surface area (Å²) in [7, 11) is 0. The van der Waals surface area contributed by atoms with Gasteiger partial charge >= 0.3 is 0 Å². The van der Waals surface area contributed by atoms with E-state index in [1.807, 2.05) is 43.3 Å². The zero-order valence-corrected chi connectivity index (χ0v) is 14.0. The molecule has 0 aromatic heterocycles. The largest absolute Gasteiger partial charge is 0.387 e. The minimum Gasteiger partial charge on any atom is -0.387 e. The molecule has 0 radical (unpaired) electrons. The van der Waals surface area contributed by atoms with Crippen molar-refractivity contribution in [2.75, 3.05) is 13.1 Å². The second-order valence-electron chi connectivity index (χ2n) is 6.61. The molecule has 0 bridgehead atoms. The molecule has 1 heterocycles. The number of fused-ring (bicyclic) bond motifs is 1. The van der Waals surface area contributed by atoms with Crippen LogP contribution in [0.2, 0.25) is 0 Å². The van der Waals surface area contributed by atoms with E-state index in [1.165, 1.54) is 11.1 Å². The third-order valence-corrected chi connectivity index (χ3v) is 4.66. The van der Waals surface area contributed by atoms with Gasteiger partial charge in [-0.3, -0.25) is 9.69 Å². The standard InChI is InChI=1S/C20H24N2O2/c1-14-4-2-6-16(10-14)19(23)13-22-9-8-18-15(11-20(21)24)5-3-7-17(18)12-22/h2-7,10,19,23H,8-9,11-13H2,1H3,(H2,21,24). The quantitative estimate of drug-likeness (QED) is 0.885. The number of aliphatic hydroxyl groups is 1. The van der Waals surface area contributed by atoms with Crippen LogP contribution < -0.4 is 5.73 Å². The van der Waals surface area contributed by atoms with Crippen LogP contribution in [-0.2, 0) is 24.2 Å². The van der Waals surface area contributed by atoms with Crippen LogP contribution in [0, 0.1) is 6.92 Å². The molecule has 0 saturated carbocycles. The molecule has 3 N–H and O–H groups in total. The van der Waals surface area contributed by atoms with Gasteiger partial charge in [0.1, 0.15) is 0 Å². The minimum atomic E-state index is -0.486. The van der Waals surface area contributed by atoms with Crippen LogP contribution in [0.5, 0.6) is 0 Å². The molecule has 126 valence electrons. The van der Waals surface area contributed by atoms with E-state index in [0.29, 0.717) is 13.0 Å². The van der Waals surface area contributed by atoms with Gasteiger partial charge in [-0.1, -0.05) is 48.0 Å². The number of hydrogen-bond donors (Lipinski definition) is 2. The van der Waals surface area contributed by atoms with Crippen LogP contribution in [-0.4, -0.2) is 29.0 Å². The Labute approximate surface area is 142 Å². The van der Waals surface area contributed by atoms with Gasteiger partial charge in [0, 0.05) is 19.6 Å². The van der Waals surface area contributed by atoms with Crippen molar-refractivity contribution in [3.63, 3.8) is 0 Å². The molecule has 0 spiro atoms. The van der Waals surface area contributed by atoms with E-state index in [2.05, 4.69) is 11.0 Å². The lowest BCUT2D eigenvalue weighted by molar-refractivity contribution is -0.117. The molecule has 1 amide bonds. The smallest absolute Gasteiger partial charge is 0.221 e. The van der Waals surface area contributed by atoms with E-state index < -0.39 is 6.10 Å². The number of aryl methyl sites for hydroxylation is 1. The van der Waals surface area contributed by atoms with Gasteiger partial charge in [-0.2, -0.15) is 0 Å². The summed E-state index contributed by atoms with van der Waals surface area (Å²) in [6.07, 6.45) is 0.703. The number of β-amino-alcohol motifs (C(OH)–C–C–N with tert-alkyl or cyclic N) is 1. The fourth-order valence-corrected chi connectivity index (χ4v) is 3.48. The summed E-state index contributed by atoms with van der Waals surface area (Å²) >= 11 is 0. The summed E-state index contributed by atoms with van der Waals surface area (Å²) < 4.78 is 0. The molecule has 3 rings (SSSR count). The van der Waals surface area contributed by atoms with Crippen molar-refractivity contribution in [1.82, 2.24) is 4.90 Å². The molecule has 4 nitrogen and oxygen atoms in total. The Hall–Kier alpha value is -2.17. The summed E-state index contributed by atoms with van der Waals surface area (Å²) in [5.41, 5.74) is 11.0. The first-order valence-electron chi connectivity index (χ1n) is 8.38. The van der Waals surface area contributed by atoms with Crippen molar-refractivity contribution in [2.45, 2.75) is 32.4 Å². The molecule has 24 heavy (non-hydrogen) atoms. The van der Waals surface area contributed by atoms with Gasteiger partial charge < -0.3 is 10.8 Å². The van der Waals surface area contributed by atoms with Crippen LogP contribution in [0.4, 0.5) is 0 Å². The Kier molecular flexibility index (Phi) is 4.97. The first-order chi connectivity index (χ1) is 11.5. The van der Waals surface area contributed by atoms with Gasteiger partial charge in [0.2, 0.25) is 5.91 Å². The maximum Gasteiger partial charge on any atom is 0.221 e. The first-order valence-corrected chi connectivity index (χ1v) is 8.38. The number of benzene rings is 2. The highest BCUT2D eigenvalue weighted by Gasteiger charge is 2.21. The molecule has 1 aliphatic heterocycles. The molecule has 1 unspecified atom stereocenters. The number of aliphatic hydroxyl groups excluding tert-OH is 1. The topological polar surface area (TPSA) is 66.6 Å². The van der Waals surface area contributed by atoms with Gasteiger partial charge in [0.15, 0.2) is 0 Å². The number of rotatable bonds is 5. The predicted molar refractivity (Wildman–Crippen MR) is 94.5 cm³/mol. The van der Waals surface area contributed by atoms with E-state index >= 15 is 0 Å². The Morgan fingerprint density at radius 3 is 2.83 bits per heavy atom. The summed E-state index contributed by atoms with van der Waals surface area (Å²) in [5, 5.41) is 10.5. The number of carbonyl (C=O) groups is 1. The molecule has 1 atom stereocenters. The zero-order valence-electron chi connectivity index (χ0n) is 14.0. The van der Waals surface area contributed by atoms with E-state index in [4.69, 9.17) is 5.73 Å². The Morgan fingerprint density at radius 2 is 2.08 bits per heavy atom. The molecular weight excluding hydrogens is 300 g/mol. The third kappa shape index (κ3) is 3.83. The van der Waals surface area contributed by atoms with Crippen molar-refractivity contribution in [2.24, 2.45) is 5.73 Å². The highest BCUT2D eigenvalue weighted by atomic mass is 16.3. The Balaban J connectivity index is 1.70. The van der Waals surface area contributed by atoms with Crippen LogP contribution in [0.1, 0.15) is 33.9 Å². The number of carbonyl (C=O) groups excluding carboxylic acids is 1. The zero-order chi connectivity index (χ0) is 17.1. The lowest BCUT2D eigenvalue weighted by Gasteiger charge is -2.31. The fraction of sp³-hybridized carbons (Fsp3) is 0.350. The number of amides is 1. The molecule has 2 aromatic rings. The monoisotopic (exact) mass is 324 g/mol. The highest BCUT2D eigenvalue weighted by Crippen LogP contribution is 2.25. The maximum atomic E-state index is 11.2. The van der Waals surface area contributed by atoms with Crippen LogP contribution >= 0.6 is 0 Å². The fourth-order valence-electron chi connectivity index (χ4n) is 3.48. The molecule has 0 aliphatic carbocycles. The summed E-state index contributed by atoms with van der Waals surface area (Å²) in [6, 6.07) is 14.1. The second kappa shape index (κ2) is 7.16. The van der Waals surface area contributed by atoms with Crippen molar-refractivity contribution in [3.8, 4) is 0 Å². The molecule has 0 fully saturated rings. The molecular formula is C20H24N2O2. The van der Waals surface area contributed by atoms with Gasteiger partial charge in [0.25, 0.3) is 0 Å².